The van der Waals surface area contributed by atoms with Crippen LogP contribution in [0, 0.1) is 0 Å². The quantitative estimate of drug-likeness (QED) is 0.744. The van der Waals surface area contributed by atoms with Crippen molar-refractivity contribution >= 4 is 24.0 Å². The summed E-state index contributed by atoms with van der Waals surface area (Å²) in [6, 6.07) is 0. The molecule has 0 spiro atoms. The molecule has 130 valence electrons. The van der Waals surface area contributed by atoms with Gasteiger partial charge in [0.15, 0.2) is 5.76 Å². The molecule has 1 aliphatic carbocycles. The highest BCUT2D eigenvalue weighted by Crippen LogP contribution is 2.40. The number of carbonyl (C=O) groups is 3. The zero-order chi connectivity index (χ0) is 18.1. The summed E-state index contributed by atoms with van der Waals surface area (Å²) in [5.74, 6) is -0.568. The Morgan fingerprint density at radius 2 is 1.96 bits per heavy atom. The zero-order valence-corrected chi connectivity index (χ0v) is 13.1. The van der Waals surface area contributed by atoms with E-state index in [0.29, 0.717) is 29.7 Å². The number of ketones is 1. The summed E-state index contributed by atoms with van der Waals surface area (Å²) in [6.45, 7) is 1.72. The van der Waals surface area contributed by atoms with Crippen LogP contribution < -0.4 is 0 Å². The summed E-state index contributed by atoms with van der Waals surface area (Å²) in [5.41, 5.74) is 1.52. The van der Waals surface area contributed by atoms with Gasteiger partial charge in [-0.15, -0.1) is 0 Å². The van der Waals surface area contributed by atoms with Crippen LogP contribution in [-0.4, -0.2) is 40.8 Å². The van der Waals surface area contributed by atoms with Gasteiger partial charge >= 0.3 is 12.3 Å². The smallest absolute Gasteiger partial charge is 0.481 e. The van der Waals surface area contributed by atoms with Gasteiger partial charge in [0, 0.05) is 11.6 Å². The van der Waals surface area contributed by atoms with Gasteiger partial charge in [-0.1, -0.05) is 13.3 Å². The standard InChI is InChI=1S/C16H13NO8/c1-2-3-8-9-4-7(24-15(19)20)6-23-14(9)13(18)10-5-11(17-12(8)10)25-16(21)22/h4-5H,2-3,6H2,1H3,(H,19,20)(H,21,22). The van der Waals surface area contributed by atoms with Crippen molar-refractivity contribution in [2.75, 3.05) is 6.61 Å². The Morgan fingerprint density at radius 1 is 1.24 bits per heavy atom. The van der Waals surface area contributed by atoms with Crippen molar-refractivity contribution in [2.24, 2.45) is 4.99 Å². The van der Waals surface area contributed by atoms with E-state index in [4.69, 9.17) is 14.9 Å². The van der Waals surface area contributed by atoms with Crippen LogP contribution in [0.15, 0.2) is 51.1 Å². The lowest BCUT2D eigenvalue weighted by Crippen LogP contribution is -2.23. The molecule has 25 heavy (non-hydrogen) atoms. The van der Waals surface area contributed by atoms with Crippen LogP contribution in [0.5, 0.6) is 0 Å². The Labute approximate surface area is 141 Å². The number of hydrogen-bond acceptors (Lipinski definition) is 7. The van der Waals surface area contributed by atoms with E-state index in [-0.39, 0.29) is 29.6 Å². The van der Waals surface area contributed by atoms with Crippen LogP contribution >= 0.6 is 0 Å². The van der Waals surface area contributed by atoms with Gasteiger partial charge in [-0.25, -0.2) is 14.6 Å². The topological polar surface area (TPSA) is 132 Å². The van der Waals surface area contributed by atoms with Crippen molar-refractivity contribution in [3.8, 4) is 0 Å². The Kier molecular flexibility index (Phi) is 4.14. The van der Waals surface area contributed by atoms with Gasteiger partial charge in [0.25, 0.3) is 0 Å². The number of ether oxygens (including phenoxy) is 3. The van der Waals surface area contributed by atoms with E-state index in [1.807, 2.05) is 6.92 Å². The van der Waals surface area contributed by atoms with Crippen molar-refractivity contribution < 1.29 is 38.8 Å². The van der Waals surface area contributed by atoms with Crippen LogP contribution in [-0.2, 0) is 19.0 Å². The van der Waals surface area contributed by atoms with Crippen LogP contribution in [0.1, 0.15) is 19.8 Å². The van der Waals surface area contributed by atoms with Crippen LogP contribution in [0.4, 0.5) is 9.59 Å². The first kappa shape index (κ1) is 16.5. The molecule has 2 heterocycles. The summed E-state index contributed by atoms with van der Waals surface area (Å²) in [4.78, 5) is 38.1. The minimum Gasteiger partial charge on any atom is -0.481 e. The van der Waals surface area contributed by atoms with Gasteiger partial charge in [0.1, 0.15) is 12.4 Å². The number of carbonyl (C=O) groups excluding carboxylic acids is 1. The summed E-state index contributed by atoms with van der Waals surface area (Å²) in [7, 11) is 0. The fourth-order valence-electron chi connectivity index (χ4n) is 2.76. The summed E-state index contributed by atoms with van der Waals surface area (Å²) < 4.78 is 14.5. The Balaban J connectivity index is 2.08. The van der Waals surface area contributed by atoms with Crippen molar-refractivity contribution in [2.45, 2.75) is 19.8 Å². The predicted octanol–water partition coefficient (Wildman–Crippen LogP) is 2.52. The molecule has 0 bridgehead atoms. The molecular formula is C16H13NO8. The van der Waals surface area contributed by atoms with Crippen LogP contribution in [0.25, 0.3) is 0 Å². The van der Waals surface area contributed by atoms with Gasteiger partial charge in [0.2, 0.25) is 11.7 Å². The first-order chi connectivity index (χ1) is 11.9. The normalized spacial score (nSPS) is 18.6. The highest BCUT2D eigenvalue weighted by atomic mass is 16.7. The molecule has 3 rings (SSSR count). The summed E-state index contributed by atoms with van der Waals surface area (Å²) in [6.07, 6.45) is 0.896. The molecule has 0 aromatic carbocycles. The molecule has 0 amide bonds. The van der Waals surface area contributed by atoms with Gasteiger partial charge in [-0.3, -0.25) is 4.79 Å². The molecule has 0 aromatic rings. The maximum atomic E-state index is 12.6. The number of rotatable bonds is 3. The minimum absolute atomic E-state index is 0.0460. The molecule has 0 radical (unpaired) electrons. The third-order valence-electron chi connectivity index (χ3n) is 3.63. The Hall–Kier alpha value is -3.36. The van der Waals surface area contributed by atoms with E-state index in [9.17, 15) is 14.4 Å². The second-order valence-electron chi connectivity index (χ2n) is 5.29. The number of hydrogen-bond donors (Lipinski definition) is 2. The molecule has 9 nitrogen and oxygen atoms in total. The summed E-state index contributed by atoms with van der Waals surface area (Å²) >= 11 is 0. The van der Waals surface area contributed by atoms with Gasteiger partial charge < -0.3 is 24.4 Å². The lowest BCUT2D eigenvalue weighted by molar-refractivity contribution is -0.115. The highest BCUT2D eigenvalue weighted by molar-refractivity contribution is 6.18. The molecule has 0 unspecified atom stereocenters. The van der Waals surface area contributed by atoms with E-state index < -0.39 is 18.1 Å². The van der Waals surface area contributed by atoms with Gasteiger partial charge in [0.05, 0.1) is 11.3 Å². The number of aliphatic imine (C=N–C) groups is 1. The summed E-state index contributed by atoms with van der Waals surface area (Å²) in [5, 5.41) is 17.5. The van der Waals surface area contributed by atoms with E-state index in [2.05, 4.69) is 14.5 Å². The average molecular weight is 347 g/mol. The lowest BCUT2D eigenvalue weighted by Gasteiger charge is -2.26. The Morgan fingerprint density at radius 3 is 2.60 bits per heavy atom. The molecule has 9 heteroatoms. The Bertz CT molecular complexity index is 840. The average Bonchev–Trinajstić information content (AvgIpc) is 2.93. The first-order valence-electron chi connectivity index (χ1n) is 7.39. The molecular weight excluding hydrogens is 334 g/mol. The largest absolute Gasteiger partial charge is 0.512 e. The lowest BCUT2D eigenvalue weighted by atomic mass is 9.86. The number of carboxylic acid groups (broad SMARTS) is 2. The molecule has 0 fully saturated rings. The third kappa shape index (κ3) is 3.03. The molecule has 0 saturated heterocycles. The van der Waals surface area contributed by atoms with E-state index in [0.717, 1.165) is 0 Å². The monoisotopic (exact) mass is 347 g/mol. The second kappa shape index (κ2) is 6.27. The molecule has 0 atom stereocenters. The fourth-order valence-corrected chi connectivity index (χ4v) is 2.76. The van der Waals surface area contributed by atoms with Crippen LogP contribution in [0.3, 0.4) is 0 Å². The van der Waals surface area contributed by atoms with Crippen molar-refractivity contribution in [3.63, 3.8) is 0 Å². The van der Waals surface area contributed by atoms with Crippen molar-refractivity contribution in [1.29, 1.82) is 0 Å². The van der Waals surface area contributed by atoms with Crippen molar-refractivity contribution in [3.05, 3.63) is 46.1 Å². The van der Waals surface area contributed by atoms with Crippen molar-refractivity contribution in [1.82, 2.24) is 0 Å². The number of nitrogens with zero attached hydrogens (tertiary/aromatic N) is 1. The first-order valence-corrected chi connectivity index (χ1v) is 7.39. The fraction of sp³-hybridized carbons (Fsp3) is 0.250. The minimum atomic E-state index is -1.54. The van der Waals surface area contributed by atoms with Crippen LogP contribution in [0.2, 0.25) is 0 Å². The second-order valence-corrected chi connectivity index (χ2v) is 5.29. The van der Waals surface area contributed by atoms with E-state index >= 15 is 0 Å². The highest BCUT2D eigenvalue weighted by Gasteiger charge is 2.37. The molecule has 2 N–H and O–H groups in total. The molecule has 0 aromatic heterocycles. The number of Topliss-reactive ketones (excluding diaryl/α,β-unsaturated/α-hetero) is 1. The molecule has 2 aliphatic heterocycles. The van der Waals surface area contributed by atoms with E-state index in [1.165, 1.54) is 12.2 Å². The van der Waals surface area contributed by atoms with E-state index in [1.54, 1.807) is 0 Å². The predicted molar refractivity (Wildman–Crippen MR) is 81.7 cm³/mol. The number of allylic oxidation sites excluding steroid dienone is 5. The SMILES string of the molecule is CCCC1=C2N=C(OC(=O)O)C=C2C(=O)C2=C1C=C(OC(=O)O)CO2. The van der Waals surface area contributed by atoms with Gasteiger partial charge in [-0.2, -0.15) is 0 Å². The maximum absolute atomic E-state index is 12.6. The third-order valence-corrected chi connectivity index (χ3v) is 3.63. The van der Waals surface area contributed by atoms with Gasteiger partial charge in [-0.05, 0) is 18.1 Å². The number of fused-ring (bicyclic) bond motifs is 1. The zero-order valence-electron chi connectivity index (χ0n) is 13.1. The molecule has 3 aliphatic rings. The molecule has 0 saturated carbocycles. The maximum Gasteiger partial charge on any atom is 0.512 e.